The molecule has 1 heterocycles. The van der Waals surface area contributed by atoms with E-state index in [0.717, 1.165) is 11.8 Å². The second-order valence-electron chi connectivity index (χ2n) is 11.3. The van der Waals surface area contributed by atoms with Gasteiger partial charge in [0.2, 0.25) is 21.8 Å². The Bertz CT molecular complexity index is 1570. The van der Waals surface area contributed by atoms with Crippen LogP contribution < -0.4 is 19.1 Å². The monoisotopic (exact) mass is 675 g/mol. The van der Waals surface area contributed by atoms with Gasteiger partial charge in [-0.05, 0) is 42.2 Å². The average molecular weight is 677 g/mol. The molecule has 242 valence electrons. The standard InChI is InChI=1S/C33H39Cl2N3O6S/c1-23(2)21-36-33(40)29(19-24-9-5-4-6-10-24)37(22-26-27(34)11-7-12-28(26)35)32(39)13-8-16-38(45(3,41)42)25-14-15-30-31(20-25)44-18-17-43-30/h4-7,9-12,14-15,20,23,29H,8,13,16-19,21-22H2,1-3H3,(H,36,40)/t29-/m1/s1. The molecule has 1 aliphatic heterocycles. The van der Waals surface area contributed by atoms with Crippen molar-refractivity contribution in [3.63, 3.8) is 0 Å². The summed E-state index contributed by atoms with van der Waals surface area (Å²) in [6.07, 6.45) is 1.55. The number of hydrogen-bond acceptors (Lipinski definition) is 6. The Morgan fingerprint density at radius 1 is 0.933 bits per heavy atom. The Kier molecular flexibility index (Phi) is 12.0. The molecule has 0 bridgehead atoms. The average Bonchev–Trinajstić information content (AvgIpc) is 3.00. The highest BCUT2D eigenvalue weighted by atomic mass is 35.5. The Balaban J connectivity index is 1.60. The van der Waals surface area contributed by atoms with E-state index in [9.17, 15) is 18.0 Å². The van der Waals surface area contributed by atoms with Crippen LogP contribution in [0.4, 0.5) is 5.69 Å². The van der Waals surface area contributed by atoms with Gasteiger partial charge in [0.25, 0.3) is 0 Å². The van der Waals surface area contributed by atoms with Crippen molar-refractivity contribution in [3.8, 4) is 11.5 Å². The molecule has 0 saturated carbocycles. The van der Waals surface area contributed by atoms with Crippen molar-refractivity contribution < 1.29 is 27.5 Å². The van der Waals surface area contributed by atoms with Crippen LogP contribution in [0.25, 0.3) is 0 Å². The maximum Gasteiger partial charge on any atom is 0.243 e. The molecule has 1 atom stereocenters. The van der Waals surface area contributed by atoms with E-state index in [1.54, 1.807) is 36.4 Å². The Morgan fingerprint density at radius 2 is 1.60 bits per heavy atom. The number of carbonyl (C=O) groups is 2. The van der Waals surface area contributed by atoms with Crippen molar-refractivity contribution in [2.24, 2.45) is 5.92 Å². The molecule has 3 aromatic rings. The van der Waals surface area contributed by atoms with Gasteiger partial charge in [-0.15, -0.1) is 0 Å². The lowest BCUT2D eigenvalue weighted by atomic mass is 10.0. The molecule has 3 aromatic carbocycles. The number of carbonyl (C=O) groups excluding carboxylic acids is 2. The highest BCUT2D eigenvalue weighted by molar-refractivity contribution is 7.92. The number of rotatable bonds is 14. The maximum absolute atomic E-state index is 14.1. The fourth-order valence-electron chi connectivity index (χ4n) is 5.02. The number of amides is 2. The molecule has 9 nitrogen and oxygen atoms in total. The molecule has 0 aromatic heterocycles. The first-order valence-corrected chi connectivity index (χ1v) is 17.5. The summed E-state index contributed by atoms with van der Waals surface area (Å²) in [6, 6.07) is 18.6. The molecule has 0 fully saturated rings. The van der Waals surface area contributed by atoms with E-state index in [2.05, 4.69) is 5.32 Å². The molecule has 0 radical (unpaired) electrons. The van der Waals surface area contributed by atoms with Crippen molar-refractivity contribution in [2.45, 2.75) is 45.7 Å². The van der Waals surface area contributed by atoms with Crippen molar-refractivity contribution in [3.05, 3.63) is 87.9 Å². The number of benzene rings is 3. The van der Waals surface area contributed by atoms with Crippen LogP contribution >= 0.6 is 23.2 Å². The third-order valence-corrected chi connectivity index (χ3v) is 9.21. The van der Waals surface area contributed by atoms with Gasteiger partial charge >= 0.3 is 0 Å². The van der Waals surface area contributed by atoms with Gasteiger partial charge < -0.3 is 19.7 Å². The highest BCUT2D eigenvalue weighted by Crippen LogP contribution is 2.35. The van der Waals surface area contributed by atoms with E-state index in [0.29, 0.717) is 52.6 Å². The van der Waals surface area contributed by atoms with E-state index in [4.69, 9.17) is 32.7 Å². The van der Waals surface area contributed by atoms with Crippen LogP contribution in [0.1, 0.15) is 37.8 Å². The number of anilines is 1. The molecule has 12 heteroatoms. The van der Waals surface area contributed by atoms with E-state index >= 15 is 0 Å². The van der Waals surface area contributed by atoms with Gasteiger partial charge in [-0.1, -0.05) is 73.4 Å². The molecule has 1 aliphatic rings. The highest BCUT2D eigenvalue weighted by Gasteiger charge is 2.31. The van der Waals surface area contributed by atoms with Gasteiger partial charge in [0.15, 0.2) is 11.5 Å². The summed E-state index contributed by atoms with van der Waals surface area (Å²) >= 11 is 13.0. The van der Waals surface area contributed by atoms with Crippen LogP contribution in [0.2, 0.25) is 10.0 Å². The zero-order valence-electron chi connectivity index (χ0n) is 25.7. The molecule has 4 rings (SSSR count). The lowest BCUT2D eigenvalue weighted by molar-refractivity contribution is -0.141. The number of nitrogens with one attached hydrogen (secondary N) is 1. The summed E-state index contributed by atoms with van der Waals surface area (Å²) in [5.74, 6) is 0.585. The fourth-order valence-corrected chi connectivity index (χ4v) is 6.50. The van der Waals surface area contributed by atoms with Gasteiger partial charge in [0.1, 0.15) is 19.3 Å². The predicted molar refractivity (Wildman–Crippen MR) is 178 cm³/mol. The molecule has 0 spiro atoms. The molecule has 2 amide bonds. The minimum atomic E-state index is -3.70. The SMILES string of the molecule is CC(C)CNC(=O)[C@@H](Cc1ccccc1)N(Cc1c(Cl)cccc1Cl)C(=O)CCCN(c1ccc2c(c1)OCCO2)S(C)(=O)=O. The van der Waals surface area contributed by atoms with Crippen molar-refractivity contribution in [1.29, 1.82) is 0 Å². The summed E-state index contributed by atoms with van der Waals surface area (Å²) in [5.41, 5.74) is 1.81. The van der Waals surface area contributed by atoms with Gasteiger partial charge in [-0.3, -0.25) is 13.9 Å². The summed E-state index contributed by atoms with van der Waals surface area (Å²) in [6.45, 7) is 5.25. The Labute approximate surface area is 275 Å². The van der Waals surface area contributed by atoms with E-state index in [1.807, 2.05) is 44.2 Å². The van der Waals surface area contributed by atoms with Crippen LogP contribution in [0.5, 0.6) is 11.5 Å². The largest absolute Gasteiger partial charge is 0.486 e. The zero-order chi connectivity index (χ0) is 32.6. The van der Waals surface area contributed by atoms with Gasteiger partial charge in [-0.25, -0.2) is 8.42 Å². The number of halogens is 2. The van der Waals surface area contributed by atoms with Crippen LogP contribution in [-0.4, -0.2) is 63.7 Å². The molecule has 0 unspecified atom stereocenters. The van der Waals surface area contributed by atoms with Gasteiger partial charge in [0, 0.05) is 54.2 Å². The van der Waals surface area contributed by atoms with Crippen molar-refractivity contribution in [2.75, 3.05) is 36.9 Å². The summed E-state index contributed by atoms with van der Waals surface area (Å²) in [4.78, 5) is 29.3. The normalized spacial score (nSPS) is 13.3. The third kappa shape index (κ3) is 9.51. The number of nitrogens with zero attached hydrogens (tertiary/aromatic N) is 2. The maximum atomic E-state index is 14.1. The molecular formula is C33H39Cl2N3O6S. The number of sulfonamides is 1. The number of ether oxygens (including phenoxy) is 2. The van der Waals surface area contributed by atoms with Crippen LogP contribution in [-0.2, 0) is 32.6 Å². The first kappa shape index (κ1) is 34.4. The molecule has 45 heavy (non-hydrogen) atoms. The van der Waals surface area contributed by atoms with Crippen LogP contribution in [0, 0.1) is 5.92 Å². The van der Waals surface area contributed by atoms with Gasteiger partial charge in [0.05, 0.1) is 11.9 Å². The second-order valence-corrected chi connectivity index (χ2v) is 14.1. The molecular weight excluding hydrogens is 637 g/mol. The van der Waals surface area contributed by atoms with Crippen LogP contribution in [0.15, 0.2) is 66.7 Å². The summed E-state index contributed by atoms with van der Waals surface area (Å²) < 4.78 is 38.1. The quantitative estimate of drug-likeness (QED) is 0.234. The lowest BCUT2D eigenvalue weighted by Crippen LogP contribution is -2.51. The smallest absolute Gasteiger partial charge is 0.243 e. The zero-order valence-corrected chi connectivity index (χ0v) is 28.0. The van der Waals surface area contributed by atoms with Crippen molar-refractivity contribution in [1.82, 2.24) is 10.2 Å². The minimum absolute atomic E-state index is 0.00188. The fraction of sp³-hybridized carbons (Fsp3) is 0.394. The topological polar surface area (TPSA) is 105 Å². The first-order valence-electron chi connectivity index (χ1n) is 14.9. The number of fused-ring (bicyclic) bond motifs is 1. The van der Waals surface area contributed by atoms with Crippen LogP contribution in [0.3, 0.4) is 0 Å². The molecule has 0 saturated heterocycles. The third-order valence-electron chi connectivity index (χ3n) is 7.31. The minimum Gasteiger partial charge on any atom is -0.486 e. The van der Waals surface area contributed by atoms with E-state index in [1.165, 1.54) is 9.21 Å². The second kappa shape index (κ2) is 15.7. The predicted octanol–water partition coefficient (Wildman–Crippen LogP) is 5.72. The van der Waals surface area contributed by atoms with Gasteiger partial charge in [-0.2, -0.15) is 0 Å². The Morgan fingerprint density at radius 3 is 2.24 bits per heavy atom. The summed E-state index contributed by atoms with van der Waals surface area (Å²) in [5, 5.41) is 3.74. The summed E-state index contributed by atoms with van der Waals surface area (Å²) in [7, 11) is -3.70. The first-order chi connectivity index (χ1) is 21.4. The lowest BCUT2D eigenvalue weighted by Gasteiger charge is -2.32. The van der Waals surface area contributed by atoms with Crippen molar-refractivity contribution >= 4 is 50.7 Å². The van der Waals surface area contributed by atoms with E-state index < -0.39 is 16.1 Å². The molecule has 1 N–H and O–H groups in total. The van der Waals surface area contributed by atoms with E-state index in [-0.39, 0.29) is 50.1 Å². The number of hydrogen-bond donors (Lipinski definition) is 1. The molecule has 0 aliphatic carbocycles. The Hall–Kier alpha value is -3.47.